The van der Waals surface area contributed by atoms with E-state index in [1.165, 1.54) is 18.0 Å². The molecule has 0 saturated carbocycles. The van der Waals surface area contributed by atoms with Crippen molar-refractivity contribution >= 4 is 23.2 Å². The Balaban J connectivity index is 1.59. The van der Waals surface area contributed by atoms with Gasteiger partial charge in [0.25, 0.3) is 0 Å². The largest absolute Gasteiger partial charge is 0.475 e. The van der Waals surface area contributed by atoms with Gasteiger partial charge in [-0.3, -0.25) is 19.8 Å². The van der Waals surface area contributed by atoms with Gasteiger partial charge >= 0.3 is 11.6 Å². The van der Waals surface area contributed by atoms with Crippen molar-refractivity contribution in [3.05, 3.63) is 51.2 Å². The standard InChI is InChI=1S/C18H22ClN5O4/c1-13(23-12-16(24(26)27)17(20-23)28-2)18(25)22-8-6-21(7-9-22)11-14-4-3-5-15(19)10-14/h3-5,10,12-13H,6-9,11H2,1-2H3. The summed E-state index contributed by atoms with van der Waals surface area (Å²) in [5.74, 6) is -0.224. The number of amides is 1. The average Bonchev–Trinajstić information content (AvgIpc) is 3.12. The fraction of sp³-hybridized carbons (Fsp3) is 0.444. The molecular weight excluding hydrogens is 386 g/mol. The van der Waals surface area contributed by atoms with Crippen molar-refractivity contribution in [1.82, 2.24) is 19.6 Å². The average molecular weight is 408 g/mol. The number of carbonyl (C=O) groups is 1. The van der Waals surface area contributed by atoms with Crippen LogP contribution in [0.15, 0.2) is 30.5 Å². The zero-order valence-electron chi connectivity index (χ0n) is 15.7. The quantitative estimate of drug-likeness (QED) is 0.539. The normalized spacial score (nSPS) is 16.0. The number of halogens is 1. The van der Waals surface area contributed by atoms with E-state index in [4.69, 9.17) is 16.3 Å². The maximum absolute atomic E-state index is 12.8. The number of methoxy groups -OCH3 is 1. The number of hydrogen-bond donors (Lipinski definition) is 0. The summed E-state index contributed by atoms with van der Waals surface area (Å²) in [6.45, 7) is 5.12. The first-order chi connectivity index (χ1) is 13.4. The van der Waals surface area contributed by atoms with Gasteiger partial charge in [-0.15, -0.1) is 5.10 Å². The maximum Gasteiger partial charge on any atom is 0.350 e. The Hall–Kier alpha value is -2.65. The van der Waals surface area contributed by atoms with Crippen LogP contribution in [0.2, 0.25) is 5.02 Å². The Kier molecular flexibility index (Phi) is 6.15. The van der Waals surface area contributed by atoms with Crippen LogP contribution in [0.3, 0.4) is 0 Å². The van der Waals surface area contributed by atoms with Crippen molar-refractivity contribution < 1.29 is 14.5 Å². The van der Waals surface area contributed by atoms with Crippen LogP contribution in [0.4, 0.5) is 5.69 Å². The van der Waals surface area contributed by atoms with E-state index in [-0.39, 0.29) is 17.5 Å². The molecule has 3 rings (SSSR count). The molecular formula is C18H22ClN5O4. The fourth-order valence-electron chi connectivity index (χ4n) is 3.23. The highest BCUT2D eigenvalue weighted by Gasteiger charge is 2.29. The molecule has 0 spiro atoms. The van der Waals surface area contributed by atoms with Gasteiger partial charge < -0.3 is 9.64 Å². The first kappa shape index (κ1) is 20.1. The fourth-order valence-corrected chi connectivity index (χ4v) is 3.44. The van der Waals surface area contributed by atoms with Crippen LogP contribution in [0.1, 0.15) is 18.5 Å². The summed E-state index contributed by atoms with van der Waals surface area (Å²) in [6, 6.07) is 7.10. The second-order valence-corrected chi connectivity index (χ2v) is 7.10. The topological polar surface area (TPSA) is 93.7 Å². The summed E-state index contributed by atoms with van der Waals surface area (Å²) in [7, 11) is 1.31. The Morgan fingerprint density at radius 2 is 2.07 bits per heavy atom. The van der Waals surface area contributed by atoms with Gasteiger partial charge in [-0.2, -0.15) is 0 Å². The number of carbonyl (C=O) groups excluding carboxylic acids is 1. The summed E-state index contributed by atoms with van der Waals surface area (Å²) < 4.78 is 6.22. The van der Waals surface area contributed by atoms with Gasteiger partial charge in [0.15, 0.2) is 0 Å². The molecule has 1 saturated heterocycles. The molecule has 1 unspecified atom stereocenters. The minimum Gasteiger partial charge on any atom is -0.475 e. The third-order valence-corrected chi connectivity index (χ3v) is 5.04. The number of piperazine rings is 1. The SMILES string of the molecule is COc1nn(C(C)C(=O)N2CCN(Cc3cccc(Cl)c3)CC2)cc1[N+](=O)[O-]. The van der Waals surface area contributed by atoms with E-state index in [1.807, 2.05) is 24.3 Å². The molecule has 1 fully saturated rings. The molecule has 1 aromatic carbocycles. The van der Waals surface area contributed by atoms with Crippen molar-refractivity contribution in [2.75, 3.05) is 33.3 Å². The number of rotatable bonds is 6. The van der Waals surface area contributed by atoms with Crippen molar-refractivity contribution in [2.45, 2.75) is 19.5 Å². The molecule has 0 bridgehead atoms. The number of nitrogens with zero attached hydrogens (tertiary/aromatic N) is 5. The molecule has 9 nitrogen and oxygen atoms in total. The summed E-state index contributed by atoms with van der Waals surface area (Å²) in [6.07, 6.45) is 1.23. The lowest BCUT2D eigenvalue weighted by Crippen LogP contribution is -2.49. The van der Waals surface area contributed by atoms with Crippen LogP contribution in [0, 0.1) is 10.1 Å². The summed E-state index contributed by atoms with van der Waals surface area (Å²) in [5.41, 5.74) is 0.880. The first-order valence-corrected chi connectivity index (χ1v) is 9.30. The van der Waals surface area contributed by atoms with Crippen molar-refractivity contribution in [1.29, 1.82) is 0 Å². The summed E-state index contributed by atoms with van der Waals surface area (Å²) in [5, 5.41) is 15.8. The summed E-state index contributed by atoms with van der Waals surface area (Å²) >= 11 is 6.03. The van der Waals surface area contributed by atoms with Crippen LogP contribution in [0.5, 0.6) is 5.88 Å². The number of aromatic nitrogens is 2. The van der Waals surface area contributed by atoms with Gasteiger partial charge in [0.1, 0.15) is 12.2 Å². The molecule has 28 heavy (non-hydrogen) atoms. The summed E-state index contributed by atoms with van der Waals surface area (Å²) in [4.78, 5) is 27.3. The molecule has 1 aliphatic rings. The van der Waals surface area contributed by atoms with Crippen LogP contribution in [-0.4, -0.2) is 63.7 Å². The van der Waals surface area contributed by atoms with E-state index in [0.29, 0.717) is 18.1 Å². The molecule has 2 heterocycles. The Morgan fingerprint density at radius 3 is 2.64 bits per heavy atom. The van der Waals surface area contributed by atoms with Gasteiger partial charge in [0.2, 0.25) is 5.91 Å². The van der Waals surface area contributed by atoms with Crippen molar-refractivity contribution in [3.8, 4) is 5.88 Å². The lowest BCUT2D eigenvalue weighted by Gasteiger charge is -2.36. The minimum atomic E-state index is -0.651. The zero-order chi connectivity index (χ0) is 20.3. The minimum absolute atomic E-state index is 0.101. The van der Waals surface area contributed by atoms with Gasteiger partial charge in [0.05, 0.1) is 12.0 Å². The number of benzene rings is 1. The van der Waals surface area contributed by atoms with Crippen LogP contribution in [0.25, 0.3) is 0 Å². The third kappa shape index (κ3) is 4.42. The van der Waals surface area contributed by atoms with Gasteiger partial charge in [-0.05, 0) is 24.6 Å². The number of hydrogen-bond acceptors (Lipinski definition) is 6. The molecule has 1 amide bonds. The molecule has 0 aliphatic carbocycles. The monoisotopic (exact) mass is 407 g/mol. The highest BCUT2D eigenvalue weighted by atomic mass is 35.5. The van der Waals surface area contributed by atoms with Gasteiger partial charge in [-0.25, -0.2) is 4.68 Å². The number of ether oxygens (including phenoxy) is 1. The molecule has 2 aromatic rings. The highest BCUT2D eigenvalue weighted by molar-refractivity contribution is 6.30. The second kappa shape index (κ2) is 8.57. The van der Waals surface area contributed by atoms with Gasteiger partial charge in [-0.1, -0.05) is 23.7 Å². The van der Waals surface area contributed by atoms with E-state index in [2.05, 4.69) is 10.00 Å². The van der Waals surface area contributed by atoms with Crippen LogP contribution < -0.4 is 4.74 Å². The van der Waals surface area contributed by atoms with E-state index >= 15 is 0 Å². The Morgan fingerprint density at radius 1 is 1.36 bits per heavy atom. The van der Waals surface area contributed by atoms with Crippen molar-refractivity contribution in [3.63, 3.8) is 0 Å². The van der Waals surface area contributed by atoms with Gasteiger partial charge in [0, 0.05) is 37.7 Å². The molecule has 1 aliphatic heterocycles. The zero-order valence-corrected chi connectivity index (χ0v) is 16.5. The maximum atomic E-state index is 12.8. The van der Waals surface area contributed by atoms with E-state index < -0.39 is 11.0 Å². The lowest BCUT2D eigenvalue weighted by molar-refractivity contribution is -0.385. The first-order valence-electron chi connectivity index (χ1n) is 8.92. The highest BCUT2D eigenvalue weighted by Crippen LogP contribution is 2.26. The predicted octanol–water partition coefficient (Wildman–Crippen LogP) is 2.36. The molecule has 1 atom stereocenters. The smallest absolute Gasteiger partial charge is 0.350 e. The van der Waals surface area contributed by atoms with Crippen LogP contribution >= 0.6 is 11.6 Å². The molecule has 0 radical (unpaired) electrons. The number of nitro groups is 1. The molecule has 0 N–H and O–H groups in total. The van der Waals surface area contributed by atoms with Crippen LogP contribution in [-0.2, 0) is 11.3 Å². The Labute approximate surface area is 167 Å². The lowest BCUT2D eigenvalue weighted by atomic mass is 10.2. The third-order valence-electron chi connectivity index (χ3n) is 4.80. The van der Waals surface area contributed by atoms with E-state index in [1.54, 1.807) is 11.8 Å². The van der Waals surface area contributed by atoms with E-state index in [0.717, 1.165) is 25.2 Å². The molecule has 150 valence electrons. The predicted molar refractivity (Wildman–Crippen MR) is 103 cm³/mol. The molecule has 10 heteroatoms. The van der Waals surface area contributed by atoms with Crippen molar-refractivity contribution in [2.24, 2.45) is 0 Å². The Bertz CT molecular complexity index is 863. The molecule has 1 aromatic heterocycles. The van der Waals surface area contributed by atoms with E-state index in [9.17, 15) is 14.9 Å². The second-order valence-electron chi connectivity index (χ2n) is 6.67.